The van der Waals surface area contributed by atoms with Crippen LogP contribution in [0.4, 0.5) is 4.39 Å². The van der Waals surface area contributed by atoms with E-state index in [0.717, 1.165) is 23.8 Å². The van der Waals surface area contributed by atoms with Gasteiger partial charge in [0.05, 0.1) is 0 Å². The van der Waals surface area contributed by atoms with Crippen molar-refractivity contribution < 1.29 is 9.18 Å². The number of carbonyl (C=O) groups excluding carboxylic acids is 1. The summed E-state index contributed by atoms with van der Waals surface area (Å²) in [6.45, 7) is 1.99. The van der Waals surface area contributed by atoms with E-state index < -0.39 is 0 Å². The Balaban J connectivity index is 2.59. The Hall–Kier alpha value is -1.96. The highest BCUT2D eigenvalue weighted by Gasteiger charge is 2.08. The van der Waals surface area contributed by atoms with Crippen LogP contribution in [0, 0.1) is 5.82 Å². The van der Waals surface area contributed by atoms with E-state index in [1.54, 1.807) is 24.3 Å². The summed E-state index contributed by atoms with van der Waals surface area (Å²) in [6.07, 6.45) is 1.58. The Morgan fingerprint density at radius 2 is 1.88 bits per heavy atom. The van der Waals surface area contributed by atoms with Crippen molar-refractivity contribution in [3.05, 3.63) is 59.4 Å². The maximum atomic E-state index is 13.7. The second-order valence-corrected chi connectivity index (χ2v) is 3.87. The molecule has 0 spiro atoms. The molecule has 0 aliphatic carbocycles. The van der Waals surface area contributed by atoms with Crippen LogP contribution in [0.1, 0.15) is 22.8 Å². The van der Waals surface area contributed by atoms with Gasteiger partial charge in [0.15, 0.2) is 0 Å². The van der Waals surface area contributed by atoms with Crippen molar-refractivity contribution in [3.8, 4) is 11.1 Å². The van der Waals surface area contributed by atoms with Crippen LogP contribution in [-0.4, -0.2) is 6.29 Å². The molecule has 0 heterocycles. The number of hydrogen-bond acceptors (Lipinski definition) is 1. The van der Waals surface area contributed by atoms with Crippen LogP contribution >= 0.6 is 0 Å². The Labute approximate surface area is 99.9 Å². The summed E-state index contributed by atoms with van der Waals surface area (Å²) < 4.78 is 13.7. The minimum absolute atomic E-state index is 0.235. The summed E-state index contributed by atoms with van der Waals surface area (Å²) in [4.78, 5) is 10.7. The van der Waals surface area contributed by atoms with Crippen LogP contribution < -0.4 is 0 Å². The lowest BCUT2D eigenvalue weighted by atomic mass is 9.96. The molecule has 0 amide bonds. The van der Waals surface area contributed by atoms with Crippen molar-refractivity contribution in [2.45, 2.75) is 13.3 Å². The molecule has 0 N–H and O–H groups in total. The molecule has 17 heavy (non-hydrogen) atoms. The SMILES string of the molecule is CCc1cc(C=O)ccc1-c1ccccc1F. The third-order valence-corrected chi connectivity index (χ3v) is 2.81. The highest BCUT2D eigenvalue weighted by Crippen LogP contribution is 2.27. The first-order valence-corrected chi connectivity index (χ1v) is 5.59. The van der Waals surface area contributed by atoms with E-state index in [0.29, 0.717) is 11.1 Å². The van der Waals surface area contributed by atoms with E-state index in [2.05, 4.69) is 0 Å². The molecule has 0 unspecified atom stereocenters. The van der Waals surface area contributed by atoms with E-state index in [1.165, 1.54) is 6.07 Å². The van der Waals surface area contributed by atoms with Gasteiger partial charge in [0.25, 0.3) is 0 Å². The zero-order chi connectivity index (χ0) is 12.3. The molecule has 86 valence electrons. The lowest BCUT2D eigenvalue weighted by Crippen LogP contribution is -1.92. The number of rotatable bonds is 3. The van der Waals surface area contributed by atoms with Gasteiger partial charge in [-0.15, -0.1) is 0 Å². The molecule has 0 saturated heterocycles. The molecule has 0 aliphatic heterocycles. The summed E-state index contributed by atoms with van der Waals surface area (Å²) in [7, 11) is 0. The second kappa shape index (κ2) is 4.91. The fourth-order valence-corrected chi connectivity index (χ4v) is 1.92. The average molecular weight is 228 g/mol. The topological polar surface area (TPSA) is 17.1 Å². The van der Waals surface area contributed by atoms with Crippen molar-refractivity contribution in [1.29, 1.82) is 0 Å². The third-order valence-electron chi connectivity index (χ3n) is 2.81. The largest absolute Gasteiger partial charge is 0.298 e. The standard InChI is InChI=1S/C15H13FO/c1-2-12-9-11(10-17)7-8-13(12)14-5-3-4-6-15(14)16/h3-10H,2H2,1H3. The normalized spacial score (nSPS) is 10.2. The first-order chi connectivity index (χ1) is 8.26. The number of carbonyl (C=O) groups is 1. The highest BCUT2D eigenvalue weighted by molar-refractivity contribution is 5.78. The second-order valence-electron chi connectivity index (χ2n) is 3.87. The van der Waals surface area contributed by atoms with Crippen molar-refractivity contribution >= 4 is 6.29 Å². The fraction of sp³-hybridized carbons (Fsp3) is 0.133. The Bertz CT molecular complexity index is 546. The van der Waals surface area contributed by atoms with Gasteiger partial charge in [0.1, 0.15) is 12.1 Å². The van der Waals surface area contributed by atoms with E-state index in [1.807, 2.05) is 19.1 Å². The van der Waals surface area contributed by atoms with E-state index >= 15 is 0 Å². The number of aldehydes is 1. The van der Waals surface area contributed by atoms with Crippen LogP contribution in [0.5, 0.6) is 0 Å². The monoisotopic (exact) mass is 228 g/mol. The predicted octanol–water partition coefficient (Wildman–Crippen LogP) is 3.87. The van der Waals surface area contributed by atoms with Crippen LogP contribution in [0.25, 0.3) is 11.1 Å². The molecule has 0 radical (unpaired) electrons. The lowest BCUT2D eigenvalue weighted by Gasteiger charge is -2.09. The molecular formula is C15H13FO. The zero-order valence-electron chi connectivity index (χ0n) is 9.61. The summed E-state index contributed by atoms with van der Waals surface area (Å²) in [5.74, 6) is -0.235. The smallest absolute Gasteiger partial charge is 0.150 e. The third kappa shape index (κ3) is 2.26. The van der Waals surface area contributed by atoms with Gasteiger partial charge >= 0.3 is 0 Å². The van der Waals surface area contributed by atoms with Crippen molar-refractivity contribution in [1.82, 2.24) is 0 Å². The highest BCUT2D eigenvalue weighted by atomic mass is 19.1. The molecule has 0 saturated carbocycles. The van der Waals surface area contributed by atoms with Gasteiger partial charge in [-0.05, 0) is 29.7 Å². The number of benzene rings is 2. The van der Waals surface area contributed by atoms with Gasteiger partial charge in [-0.1, -0.05) is 37.3 Å². The summed E-state index contributed by atoms with van der Waals surface area (Å²) in [5, 5.41) is 0. The van der Waals surface area contributed by atoms with E-state index in [4.69, 9.17) is 0 Å². The Kier molecular flexibility index (Phi) is 3.33. The molecule has 0 bridgehead atoms. The summed E-state index contributed by atoms with van der Waals surface area (Å²) in [6, 6.07) is 12.0. The number of aryl methyl sites for hydroxylation is 1. The van der Waals surface area contributed by atoms with Crippen LogP contribution in [0.2, 0.25) is 0 Å². The van der Waals surface area contributed by atoms with Crippen LogP contribution in [0.15, 0.2) is 42.5 Å². The van der Waals surface area contributed by atoms with E-state index in [-0.39, 0.29) is 5.82 Å². The molecule has 0 atom stereocenters. The molecule has 1 nitrogen and oxygen atoms in total. The van der Waals surface area contributed by atoms with E-state index in [9.17, 15) is 9.18 Å². The lowest BCUT2D eigenvalue weighted by molar-refractivity contribution is 0.112. The van der Waals surface area contributed by atoms with Crippen molar-refractivity contribution in [2.75, 3.05) is 0 Å². The number of halogens is 1. The summed E-state index contributed by atoms with van der Waals surface area (Å²) >= 11 is 0. The first-order valence-electron chi connectivity index (χ1n) is 5.59. The number of hydrogen-bond donors (Lipinski definition) is 0. The fourth-order valence-electron chi connectivity index (χ4n) is 1.92. The van der Waals surface area contributed by atoms with Gasteiger partial charge in [0, 0.05) is 11.1 Å². The van der Waals surface area contributed by atoms with Gasteiger partial charge in [0.2, 0.25) is 0 Å². The Morgan fingerprint density at radius 1 is 1.12 bits per heavy atom. The maximum Gasteiger partial charge on any atom is 0.150 e. The first kappa shape index (κ1) is 11.5. The molecule has 2 aromatic rings. The zero-order valence-corrected chi connectivity index (χ0v) is 9.61. The Morgan fingerprint density at radius 3 is 2.53 bits per heavy atom. The van der Waals surface area contributed by atoms with Gasteiger partial charge in [-0.25, -0.2) is 4.39 Å². The van der Waals surface area contributed by atoms with Gasteiger partial charge in [-0.2, -0.15) is 0 Å². The molecule has 2 rings (SSSR count). The van der Waals surface area contributed by atoms with Gasteiger partial charge in [-0.3, -0.25) is 4.79 Å². The van der Waals surface area contributed by atoms with Gasteiger partial charge < -0.3 is 0 Å². The van der Waals surface area contributed by atoms with Crippen LogP contribution in [0.3, 0.4) is 0 Å². The maximum absolute atomic E-state index is 13.7. The molecule has 0 fully saturated rings. The summed E-state index contributed by atoms with van der Waals surface area (Å²) in [5.41, 5.74) is 3.06. The molecule has 0 aliphatic rings. The van der Waals surface area contributed by atoms with Crippen molar-refractivity contribution in [2.24, 2.45) is 0 Å². The molecule has 0 aromatic heterocycles. The minimum atomic E-state index is -0.235. The molecular weight excluding hydrogens is 215 g/mol. The average Bonchev–Trinajstić information content (AvgIpc) is 2.38. The minimum Gasteiger partial charge on any atom is -0.298 e. The quantitative estimate of drug-likeness (QED) is 0.729. The van der Waals surface area contributed by atoms with Crippen molar-refractivity contribution in [3.63, 3.8) is 0 Å². The predicted molar refractivity (Wildman–Crippen MR) is 66.6 cm³/mol. The molecule has 2 aromatic carbocycles. The molecule has 2 heteroatoms. The van der Waals surface area contributed by atoms with Crippen LogP contribution in [-0.2, 0) is 6.42 Å².